The number of aryl methyl sites for hydroxylation is 1. The third-order valence-corrected chi connectivity index (χ3v) is 8.13. The Bertz CT molecular complexity index is 1040. The number of nitrogens with one attached hydrogen (secondary N) is 2. The Hall–Kier alpha value is -2.26. The third-order valence-electron chi connectivity index (χ3n) is 6.65. The lowest BCUT2D eigenvalue weighted by Crippen LogP contribution is -2.48. The van der Waals surface area contributed by atoms with Crippen LogP contribution in [0, 0.1) is 12.8 Å². The Morgan fingerprint density at radius 3 is 2.74 bits per heavy atom. The average molecular weight is 511 g/mol. The molecule has 0 bridgehead atoms. The SMILES string of the molecule is Cc1ncc(Cl)cc1N[C@H](C)c1ccc(N(C=O)[C@@H](CC2CCCC2)C(=O)N[C@H]2CC2(F)F)s1. The molecule has 3 atom stereocenters. The number of nitrogens with zero attached hydrogens (tertiary/aromatic N) is 2. The normalized spacial score (nSPS) is 21.0. The van der Waals surface area contributed by atoms with Crippen molar-refractivity contribution in [1.29, 1.82) is 0 Å². The molecule has 2 fully saturated rings. The van der Waals surface area contributed by atoms with Crippen molar-refractivity contribution in [3.8, 4) is 0 Å². The maximum absolute atomic E-state index is 13.4. The maximum atomic E-state index is 13.4. The highest BCUT2D eigenvalue weighted by Crippen LogP contribution is 2.42. The predicted molar refractivity (Wildman–Crippen MR) is 131 cm³/mol. The number of aromatic nitrogens is 1. The van der Waals surface area contributed by atoms with Crippen LogP contribution in [0.15, 0.2) is 24.4 Å². The average Bonchev–Trinajstić information content (AvgIpc) is 3.22. The molecular formula is C24H29ClF2N4O2S. The zero-order valence-corrected chi connectivity index (χ0v) is 20.8. The molecule has 34 heavy (non-hydrogen) atoms. The van der Waals surface area contributed by atoms with Gasteiger partial charge >= 0.3 is 0 Å². The van der Waals surface area contributed by atoms with Crippen molar-refractivity contribution in [3.05, 3.63) is 40.0 Å². The first-order chi connectivity index (χ1) is 16.2. The van der Waals surface area contributed by atoms with Crippen molar-refractivity contribution in [2.75, 3.05) is 10.2 Å². The summed E-state index contributed by atoms with van der Waals surface area (Å²) in [7, 11) is 0. The molecule has 0 unspecified atom stereocenters. The van der Waals surface area contributed by atoms with E-state index in [2.05, 4.69) is 15.6 Å². The van der Waals surface area contributed by atoms with Gasteiger partial charge in [0.1, 0.15) is 6.04 Å². The molecule has 2 heterocycles. The van der Waals surface area contributed by atoms with Crippen LogP contribution in [0.1, 0.15) is 62.1 Å². The molecule has 10 heteroatoms. The van der Waals surface area contributed by atoms with Gasteiger partial charge in [0.15, 0.2) is 0 Å². The highest BCUT2D eigenvalue weighted by Gasteiger charge is 2.58. The summed E-state index contributed by atoms with van der Waals surface area (Å²) in [6.07, 6.45) is 6.50. The molecule has 2 aliphatic carbocycles. The first kappa shape index (κ1) is 24.9. The second-order valence-corrected chi connectivity index (χ2v) is 10.8. The molecule has 0 aromatic carbocycles. The number of pyridine rings is 1. The highest BCUT2D eigenvalue weighted by molar-refractivity contribution is 7.16. The van der Waals surface area contributed by atoms with Crippen LogP contribution in [-0.4, -0.2) is 35.3 Å². The number of rotatable bonds is 10. The summed E-state index contributed by atoms with van der Waals surface area (Å²) in [6, 6.07) is 3.46. The van der Waals surface area contributed by atoms with E-state index in [1.54, 1.807) is 12.3 Å². The molecule has 4 rings (SSSR count). The van der Waals surface area contributed by atoms with Crippen LogP contribution in [0.5, 0.6) is 0 Å². The van der Waals surface area contributed by atoms with Crippen molar-refractivity contribution >= 4 is 45.9 Å². The van der Waals surface area contributed by atoms with E-state index in [9.17, 15) is 18.4 Å². The van der Waals surface area contributed by atoms with Crippen molar-refractivity contribution in [2.45, 2.75) is 76.4 Å². The Labute approximate surface area is 207 Å². The summed E-state index contributed by atoms with van der Waals surface area (Å²) in [5, 5.41) is 6.99. The predicted octanol–water partition coefficient (Wildman–Crippen LogP) is 5.71. The Morgan fingerprint density at radius 1 is 1.38 bits per heavy atom. The molecule has 0 saturated heterocycles. The van der Waals surface area contributed by atoms with Crippen LogP contribution in [-0.2, 0) is 9.59 Å². The summed E-state index contributed by atoms with van der Waals surface area (Å²) in [4.78, 5) is 31.8. The van der Waals surface area contributed by atoms with Crippen LogP contribution >= 0.6 is 22.9 Å². The quantitative estimate of drug-likeness (QED) is 0.401. The Kier molecular flexibility index (Phi) is 7.42. The van der Waals surface area contributed by atoms with Gasteiger partial charge in [0.05, 0.1) is 33.5 Å². The Morgan fingerprint density at radius 2 is 2.09 bits per heavy atom. The second kappa shape index (κ2) is 10.2. The lowest BCUT2D eigenvalue weighted by atomic mass is 9.97. The lowest BCUT2D eigenvalue weighted by molar-refractivity contribution is -0.125. The second-order valence-electron chi connectivity index (χ2n) is 9.27. The maximum Gasteiger partial charge on any atom is 0.270 e. The van der Waals surface area contributed by atoms with Gasteiger partial charge in [-0.25, -0.2) is 8.78 Å². The number of carbonyl (C=O) groups is 2. The van der Waals surface area contributed by atoms with E-state index in [0.29, 0.717) is 28.8 Å². The first-order valence-corrected chi connectivity index (χ1v) is 12.8. The largest absolute Gasteiger partial charge is 0.376 e. The smallest absolute Gasteiger partial charge is 0.270 e. The number of anilines is 2. The third kappa shape index (κ3) is 5.68. The molecule has 2 aromatic heterocycles. The minimum atomic E-state index is -2.86. The van der Waals surface area contributed by atoms with Gasteiger partial charge in [0.2, 0.25) is 12.3 Å². The van der Waals surface area contributed by atoms with Gasteiger partial charge in [0, 0.05) is 17.5 Å². The molecule has 184 valence electrons. The van der Waals surface area contributed by atoms with E-state index in [4.69, 9.17) is 11.6 Å². The summed E-state index contributed by atoms with van der Waals surface area (Å²) in [5.74, 6) is -3.07. The lowest BCUT2D eigenvalue weighted by Gasteiger charge is -2.28. The van der Waals surface area contributed by atoms with Gasteiger partial charge in [-0.15, -0.1) is 11.3 Å². The standard InChI is InChI=1S/C24H29ClF2N4O2S/c1-14-18(10-17(25)12-28-14)29-15(2)20-7-8-22(34-20)31(13-32)19(9-16-5-3-4-6-16)23(33)30-21-11-24(21,26)27/h7-8,10,12-13,15-16,19,21,29H,3-6,9,11H2,1-2H3,(H,30,33)/t15-,19+,21+/m1/s1. The minimum Gasteiger partial charge on any atom is -0.376 e. The van der Waals surface area contributed by atoms with E-state index < -0.39 is 23.9 Å². The number of hydrogen-bond acceptors (Lipinski definition) is 5. The number of thiophene rings is 1. The van der Waals surface area contributed by atoms with E-state index in [1.807, 2.05) is 26.0 Å². The first-order valence-electron chi connectivity index (χ1n) is 11.6. The van der Waals surface area contributed by atoms with Crippen LogP contribution < -0.4 is 15.5 Å². The molecule has 2 saturated carbocycles. The Balaban J connectivity index is 1.51. The van der Waals surface area contributed by atoms with Gasteiger partial charge < -0.3 is 10.6 Å². The topological polar surface area (TPSA) is 74.3 Å². The molecule has 0 aliphatic heterocycles. The zero-order chi connectivity index (χ0) is 24.5. The number of hydrogen-bond donors (Lipinski definition) is 2. The molecule has 6 nitrogen and oxygen atoms in total. The summed E-state index contributed by atoms with van der Waals surface area (Å²) >= 11 is 7.46. The van der Waals surface area contributed by atoms with Crippen LogP contribution in [0.25, 0.3) is 0 Å². The summed E-state index contributed by atoms with van der Waals surface area (Å²) in [6.45, 7) is 3.87. The van der Waals surface area contributed by atoms with E-state index in [1.165, 1.54) is 16.2 Å². The molecular weight excluding hydrogens is 482 g/mol. The van der Waals surface area contributed by atoms with Gasteiger partial charge in [-0.2, -0.15) is 0 Å². The molecule has 2 aromatic rings. The van der Waals surface area contributed by atoms with Gasteiger partial charge in [-0.1, -0.05) is 37.3 Å². The fourth-order valence-corrected chi connectivity index (χ4v) is 5.68. The minimum absolute atomic E-state index is 0.0986. The van der Waals surface area contributed by atoms with Crippen molar-refractivity contribution < 1.29 is 18.4 Å². The number of amides is 2. The van der Waals surface area contributed by atoms with Gasteiger partial charge in [-0.05, 0) is 44.4 Å². The van der Waals surface area contributed by atoms with Crippen molar-refractivity contribution in [2.24, 2.45) is 5.92 Å². The summed E-state index contributed by atoms with van der Waals surface area (Å²) < 4.78 is 26.9. The number of halogens is 3. The van der Waals surface area contributed by atoms with Crippen molar-refractivity contribution in [1.82, 2.24) is 10.3 Å². The zero-order valence-electron chi connectivity index (χ0n) is 19.2. The van der Waals surface area contributed by atoms with Crippen LogP contribution in [0.2, 0.25) is 5.02 Å². The number of carbonyl (C=O) groups excluding carboxylic acids is 2. The monoisotopic (exact) mass is 510 g/mol. The van der Waals surface area contributed by atoms with Gasteiger partial charge in [0.25, 0.3) is 5.92 Å². The summed E-state index contributed by atoms with van der Waals surface area (Å²) in [5.41, 5.74) is 1.62. The highest BCUT2D eigenvalue weighted by atomic mass is 35.5. The fraction of sp³-hybridized carbons (Fsp3) is 0.542. The van der Waals surface area contributed by atoms with E-state index in [-0.39, 0.29) is 12.5 Å². The number of alkyl halides is 2. The molecule has 2 amide bonds. The van der Waals surface area contributed by atoms with Gasteiger partial charge in [-0.3, -0.25) is 19.5 Å². The van der Waals surface area contributed by atoms with Crippen LogP contribution in [0.4, 0.5) is 19.5 Å². The molecule has 0 spiro atoms. The van der Waals surface area contributed by atoms with E-state index >= 15 is 0 Å². The van der Waals surface area contributed by atoms with E-state index in [0.717, 1.165) is 41.9 Å². The fourth-order valence-electron chi connectivity index (χ4n) is 4.50. The molecule has 2 aliphatic rings. The molecule has 0 radical (unpaired) electrons. The molecule has 2 N–H and O–H groups in total. The van der Waals surface area contributed by atoms with Crippen molar-refractivity contribution in [3.63, 3.8) is 0 Å². The van der Waals surface area contributed by atoms with Crippen LogP contribution in [0.3, 0.4) is 0 Å².